The number of hydrogen-bond donors (Lipinski definition) is 0. The number of carbonyl (C=O) groups excluding carboxylic acids is 1. The van der Waals surface area contributed by atoms with E-state index in [4.69, 9.17) is 11.6 Å². The van der Waals surface area contributed by atoms with Gasteiger partial charge in [0.2, 0.25) is 0 Å². The molecule has 0 amide bonds. The van der Waals surface area contributed by atoms with Crippen molar-refractivity contribution in [2.75, 3.05) is 5.75 Å². The Balaban J connectivity index is 1.72. The third kappa shape index (κ3) is 3.93. The van der Waals surface area contributed by atoms with Crippen LogP contribution in [0.5, 0.6) is 0 Å². The summed E-state index contributed by atoms with van der Waals surface area (Å²) in [5.41, 5.74) is 1.79. The molecular formula is C20H12BrClN2O2S2. The molecule has 0 saturated carbocycles. The molecule has 0 aliphatic heterocycles. The number of thiophene rings is 1. The van der Waals surface area contributed by atoms with Crippen LogP contribution in [0.1, 0.15) is 10.4 Å². The maximum atomic E-state index is 13.1. The van der Waals surface area contributed by atoms with Crippen LogP contribution in [0.25, 0.3) is 15.9 Å². The number of carbonyl (C=O) groups is 1. The Labute approximate surface area is 182 Å². The Kier molecular flexibility index (Phi) is 5.68. The van der Waals surface area contributed by atoms with Crippen LogP contribution < -0.4 is 5.56 Å². The number of aromatic nitrogens is 2. The predicted molar refractivity (Wildman–Crippen MR) is 119 cm³/mol. The monoisotopic (exact) mass is 490 g/mol. The molecule has 0 unspecified atom stereocenters. The number of nitrogens with zero attached hydrogens (tertiary/aromatic N) is 2. The fourth-order valence-corrected chi connectivity index (χ4v) is 4.71. The second-order valence-electron chi connectivity index (χ2n) is 5.87. The highest BCUT2D eigenvalue weighted by Crippen LogP contribution is 2.25. The van der Waals surface area contributed by atoms with E-state index in [1.54, 1.807) is 28.8 Å². The SMILES string of the molecule is O=C(CSc1nc2ccsc2c(=O)n1-c1ccc(Br)cc1)c1ccc(Cl)cc1. The van der Waals surface area contributed by atoms with Crippen LogP contribution in [0, 0.1) is 0 Å². The Hall–Kier alpha value is -1.93. The molecule has 0 N–H and O–H groups in total. The van der Waals surface area contributed by atoms with Crippen molar-refractivity contribution in [3.63, 3.8) is 0 Å². The lowest BCUT2D eigenvalue weighted by Crippen LogP contribution is -2.21. The second kappa shape index (κ2) is 8.21. The maximum Gasteiger partial charge on any atom is 0.276 e. The Morgan fingerprint density at radius 3 is 2.54 bits per heavy atom. The topological polar surface area (TPSA) is 52.0 Å². The van der Waals surface area contributed by atoms with E-state index in [9.17, 15) is 9.59 Å². The van der Waals surface area contributed by atoms with E-state index in [1.165, 1.54) is 23.1 Å². The van der Waals surface area contributed by atoms with Crippen LogP contribution in [-0.4, -0.2) is 21.1 Å². The van der Waals surface area contributed by atoms with E-state index in [0.717, 1.165) is 4.47 Å². The first-order chi connectivity index (χ1) is 13.5. The molecule has 2 aromatic heterocycles. The van der Waals surface area contributed by atoms with Crippen molar-refractivity contribution in [2.45, 2.75) is 5.16 Å². The number of fused-ring (bicyclic) bond motifs is 1. The van der Waals surface area contributed by atoms with Gasteiger partial charge in [0.1, 0.15) is 4.70 Å². The molecule has 0 radical (unpaired) electrons. The Morgan fingerprint density at radius 1 is 1.11 bits per heavy atom. The summed E-state index contributed by atoms with van der Waals surface area (Å²) >= 11 is 11.9. The van der Waals surface area contributed by atoms with E-state index < -0.39 is 0 Å². The van der Waals surface area contributed by atoms with Gasteiger partial charge in [-0.25, -0.2) is 4.98 Å². The van der Waals surface area contributed by atoms with Crippen molar-refractivity contribution in [1.82, 2.24) is 9.55 Å². The van der Waals surface area contributed by atoms with E-state index in [1.807, 2.05) is 35.7 Å². The third-order valence-corrected chi connectivity index (χ3v) is 6.64. The van der Waals surface area contributed by atoms with Gasteiger partial charge >= 0.3 is 0 Å². The summed E-state index contributed by atoms with van der Waals surface area (Å²) in [5, 5.41) is 2.91. The van der Waals surface area contributed by atoms with E-state index in [2.05, 4.69) is 20.9 Å². The van der Waals surface area contributed by atoms with Crippen molar-refractivity contribution in [3.05, 3.63) is 85.4 Å². The minimum Gasteiger partial charge on any atom is -0.293 e. The van der Waals surface area contributed by atoms with Gasteiger partial charge in [-0.2, -0.15) is 0 Å². The van der Waals surface area contributed by atoms with Gasteiger partial charge in [0.05, 0.1) is 17.0 Å². The first kappa shape index (κ1) is 19.4. The number of ketones is 1. The molecule has 0 saturated heterocycles. The van der Waals surface area contributed by atoms with Gasteiger partial charge in [-0.15, -0.1) is 11.3 Å². The summed E-state index contributed by atoms with van der Waals surface area (Å²) in [4.78, 5) is 30.2. The lowest BCUT2D eigenvalue weighted by Gasteiger charge is -2.12. The van der Waals surface area contributed by atoms with E-state index in [0.29, 0.717) is 31.6 Å². The highest BCUT2D eigenvalue weighted by Gasteiger charge is 2.16. The number of benzene rings is 2. The molecule has 4 aromatic rings. The van der Waals surface area contributed by atoms with Gasteiger partial charge < -0.3 is 0 Å². The number of halogens is 2. The second-order valence-corrected chi connectivity index (χ2v) is 9.08. The Morgan fingerprint density at radius 2 is 1.82 bits per heavy atom. The van der Waals surface area contributed by atoms with Crippen molar-refractivity contribution in [2.24, 2.45) is 0 Å². The van der Waals surface area contributed by atoms with Gasteiger partial charge in [0.15, 0.2) is 10.9 Å². The molecule has 0 aliphatic carbocycles. The van der Waals surface area contributed by atoms with Crippen LogP contribution in [0.2, 0.25) is 5.02 Å². The smallest absolute Gasteiger partial charge is 0.276 e. The molecule has 0 fully saturated rings. The highest BCUT2D eigenvalue weighted by atomic mass is 79.9. The molecule has 2 aromatic carbocycles. The zero-order chi connectivity index (χ0) is 19.7. The van der Waals surface area contributed by atoms with Gasteiger partial charge in [-0.05, 0) is 60.0 Å². The third-order valence-electron chi connectivity index (χ3n) is 4.03. The standard InChI is InChI=1S/C20H12BrClN2O2S2/c21-13-3-7-15(8-4-13)24-19(26)18-16(9-10-27-18)23-20(24)28-11-17(25)12-1-5-14(22)6-2-12/h1-10H,11H2. The lowest BCUT2D eigenvalue weighted by molar-refractivity contribution is 0.102. The van der Waals surface area contributed by atoms with Crippen molar-refractivity contribution < 1.29 is 4.79 Å². The molecular weight excluding hydrogens is 480 g/mol. The fourth-order valence-electron chi connectivity index (χ4n) is 2.66. The molecule has 28 heavy (non-hydrogen) atoms. The van der Waals surface area contributed by atoms with Crippen molar-refractivity contribution in [1.29, 1.82) is 0 Å². The summed E-state index contributed by atoms with van der Waals surface area (Å²) < 4.78 is 3.07. The summed E-state index contributed by atoms with van der Waals surface area (Å²) in [6.07, 6.45) is 0. The average Bonchev–Trinajstić information content (AvgIpc) is 3.17. The summed E-state index contributed by atoms with van der Waals surface area (Å²) in [6.45, 7) is 0. The van der Waals surface area contributed by atoms with Gasteiger partial charge in [-0.1, -0.05) is 39.3 Å². The molecule has 8 heteroatoms. The van der Waals surface area contributed by atoms with Crippen LogP contribution in [0.3, 0.4) is 0 Å². The first-order valence-electron chi connectivity index (χ1n) is 8.21. The van der Waals surface area contributed by atoms with Crippen LogP contribution >= 0.6 is 50.6 Å². The van der Waals surface area contributed by atoms with Crippen molar-refractivity contribution >= 4 is 66.6 Å². The van der Waals surface area contributed by atoms with E-state index >= 15 is 0 Å². The summed E-state index contributed by atoms with van der Waals surface area (Å²) in [6, 6.07) is 16.0. The normalized spacial score (nSPS) is 11.1. The number of hydrogen-bond acceptors (Lipinski definition) is 5. The first-order valence-corrected chi connectivity index (χ1v) is 11.2. The lowest BCUT2D eigenvalue weighted by atomic mass is 10.1. The number of Topliss-reactive ketones (excluding diaryl/α,β-unsaturated/α-hetero) is 1. The molecule has 0 atom stereocenters. The molecule has 4 rings (SSSR count). The molecule has 4 nitrogen and oxygen atoms in total. The van der Waals surface area contributed by atoms with Crippen LogP contribution in [0.15, 0.2) is 74.4 Å². The van der Waals surface area contributed by atoms with Crippen molar-refractivity contribution in [3.8, 4) is 5.69 Å². The minimum atomic E-state index is -0.135. The number of thioether (sulfide) groups is 1. The molecule has 0 bridgehead atoms. The molecule has 0 spiro atoms. The number of rotatable bonds is 5. The van der Waals surface area contributed by atoms with Gasteiger partial charge in [0, 0.05) is 15.1 Å². The largest absolute Gasteiger partial charge is 0.293 e. The molecule has 140 valence electrons. The quantitative estimate of drug-likeness (QED) is 0.200. The highest BCUT2D eigenvalue weighted by molar-refractivity contribution is 9.10. The fraction of sp³-hybridized carbons (Fsp3) is 0.0500. The zero-order valence-corrected chi connectivity index (χ0v) is 18.2. The maximum absolute atomic E-state index is 13.1. The average molecular weight is 492 g/mol. The minimum absolute atomic E-state index is 0.0521. The van der Waals surface area contributed by atoms with Gasteiger partial charge in [-0.3, -0.25) is 14.2 Å². The van der Waals surface area contributed by atoms with E-state index in [-0.39, 0.29) is 17.1 Å². The predicted octanol–water partition coefficient (Wildman–Crippen LogP) is 5.84. The molecule has 0 aliphatic rings. The van der Waals surface area contributed by atoms with Crippen LogP contribution in [-0.2, 0) is 0 Å². The summed E-state index contributed by atoms with van der Waals surface area (Å²) in [5.74, 6) is 0.115. The zero-order valence-electron chi connectivity index (χ0n) is 14.3. The Bertz CT molecular complexity index is 1220. The van der Waals surface area contributed by atoms with Gasteiger partial charge in [0.25, 0.3) is 5.56 Å². The van der Waals surface area contributed by atoms with Crippen LogP contribution in [0.4, 0.5) is 0 Å². The molecule has 2 heterocycles. The summed E-state index contributed by atoms with van der Waals surface area (Å²) in [7, 11) is 0.